The first-order chi connectivity index (χ1) is 8.16. The number of carbonyl (C=O) groups is 1. The maximum atomic E-state index is 11.9. The van der Waals surface area contributed by atoms with Crippen molar-refractivity contribution in [2.75, 3.05) is 0 Å². The summed E-state index contributed by atoms with van der Waals surface area (Å²) in [5.74, 6) is 0.472. The Bertz CT molecular complexity index is 548. The van der Waals surface area contributed by atoms with E-state index >= 15 is 0 Å². The Kier molecular flexibility index (Phi) is 3.30. The Labute approximate surface area is 104 Å². The number of nitrogens with one attached hydrogen (secondary N) is 1. The van der Waals surface area contributed by atoms with Crippen molar-refractivity contribution in [3.8, 4) is 0 Å². The van der Waals surface area contributed by atoms with Crippen molar-refractivity contribution in [3.63, 3.8) is 0 Å². The lowest BCUT2D eigenvalue weighted by Crippen LogP contribution is -2.11. The molecule has 0 atom stereocenters. The van der Waals surface area contributed by atoms with E-state index in [1.165, 1.54) is 0 Å². The fourth-order valence-corrected chi connectivity index (χ4v) is 1.58. The zero-order valence-corrected chi connectivity index (χ0v) is 9.83. The minimum Gasteiger partial charge on any atom is -0.387 e. The van der Waals surface area contributed by atoms with Crippen molar-refractivity contribution < 1.29 is 4.79 Å². The molecule has 2 aromatic rings. The van der Waals surface area contributed by atoms with Gasteiger partial charge in [-0.3, -0.25) is 4.79 Å². The van der Waals surface area contributed by atoms with Gasteiger partial charge in [0.05, 0.1) is 6.42 Å². The summed E-state index contributed by atoms with van der Waals surface area (Å²) in [4.78, 5) is 19.0. The second-order valence-corrected chi connectivity index (χ2v) is 4.03. The van der Waals surface area contributed by atoms with E-state index in [0.717, 1.165) is 0 Å². The normalized spacial score (nSPS) is 10.1. The summed E-state index contributed by atoms with van der Waals surface area (Å²) in [6.45, 7) is 0. The summed E-state index contributed by atoms with van der Waals surface area (Å²) >= 11 is 4.78. The standard InChI is InChI=1S/C12H11N3OS/c13-11(17)12-14-7-9(15-12)6-10(16)8-4-2-1-3-5-8/h1-5,7H,6H2,(H2,13,17)(H,14,15). The quantitative estimate of drug-likeness (QED) is 0.632. The first kappa shape index (κ1) is 11.5. The molecule has 3 N–H and O–H groups in total. The Morgan fingerprint density at radius 1 is 1.35 bits per heavy atom. The van der Waals surface area contributed by atoms with E-state index in [4.69, 9.17) is 18.0 Å². The number of hydrogen-bond acceptors (Lipinski definition) is 3. The highest BCUT2D eigenvalue weighted by Crippen LogP contribution is 2.06. The zero-order chi connectivity index (χ0) is 12.3. The summed E-state index contributed by atoms with van der Waals surface area (Å²) < 4.78 is 0. The molecule has 0 radical (unpaired) electrons. The van der Waals surface area contributed by atoms with Gasteiger partial charge in [-0.15, -0.1) is 0 Å². The van der Waals surface area contributed by atoms with Crippen LogP contribution < -0.4 is 5.73 Å². The van der Waals surface area contributed by atoms with Gasteiger partial charge in [0.2, 0.25) is 0 Å². The molecule has 1 heterocycles. The summed E-state index contributed by atoms with van der Waals surface area (Å²) in [6, 6.07) is 9.11. The lowest BCUT2D eigenvalue weighted by Gasteiger charge is -1.98. The highest BCUT2D eigenvalue weighted by Gasteiger charge is 2.09. The second-order valence-electron chi connectivity index (χ2n) is 3.59. The fourth-order valence-electron chi connectivity index (χ4n) is 1.47. The molecule has 4 nitrogen and oxygen atoms in total. The van der Waals surface area contributed by atoms with E-state index in [0.29, 0.717) is 17.1 Å². The molecule has 5 heteroatoms. The average molecular weight is 245 g/mol. The average Bonchev–Trinajstić information content (AvgIpc) is 2.79. The number of benzene rings is 1. The lowest BCUT2D eigenvalue weighted by atomic mass is 10.1. The predicted octanol–water partition coefficient (Wildman–Crippen LogP) is 1.47. The van der Waals surface area contributed by atoms with Crippen LogP contribution in [0.15, 0.2) is 36.5 Å². The third-order valence-electron chi connectivity index (χ3n) is 2.31. The van der Waals surface area contributed by atoms with Crippen molar-refractivity contribution in [2.45, 2.75) is 6.42 Å². The lowest BCUT2D eigenvalue weighted by molar-refractivity contribution is 0.0992. The number of rotatable bonds is 4. The molecule has 1 aromatic heterocycles. The monoisotopic (exact) mass is 245 g/mol. The summed E-state index contributed by atoms with van der Waals surface area (Å²) in [5.41, 5.74) is 6.81. The van der Waals surface area contributed by atoms with E-state index < -0.39 is 0 Å². The van der Waals surface area contributed by atoms with E-state index in [9.17, 15) is 4.79 Å². The molecule has 0 spiro atoms. The molecule has 0 saturated heterocycles. The maximum Gasteiger partial charge on any atom is 0.168 e. The molecule has 86 valence electrons. The van der Waals surface area contributed by atoms with E-state index in [2.05, 4.69) is 9.97 Å². The molecular weight excluding hydrogens is 234 g/mol. The molecule has 0 saturated carbocycles. The molecule has 0 aliphatic heterocycles. The van der Waals surface area contributed by atoms with Gasteiger partial charge in [-0.05, 0) is 0 Å². The van der Waals surface area contributed by atoms with Crippen LogP contribution in [-0.2, 0) is 6.42 Å². The number of aromatic amines is 1. The Balaban J connectivity index is 2.11. The van der Waals surface area contributed by atoms with Crippen molar-refractivity contribution >= 4 is 23.0 Å². The molecule has 1 aromatic carbocycles. The number of imidazole rings is 1. The zero-order valence-electron chi connectivity index (χ0n) is 9.01. The third-order valence-corrected chi connectivity index (χ3v) is 2.50. The van der Waals surface area contributed by atoms with Crippen LogP contribution in [0.5, 0.6) is 0 Å². The Morgan fingerprint density at radius 3 is 2.65 bits per heavy atom. The fraction of sp³-hybridized carbons (Fsp3) is 0.0833. The van der Waals surface area contributed by atoms with Crippen molar-refractivity contribution in [2.24, 2.45) is 5.73 Å². The van der Waals surface area contributed by atoms with Gasteiger partial charge in [0.1, 0.15) is 4.99 Å². The van der Waals surface area contributed by atoms with Crippen LogP contribution in [0.2, 0.25) is 0 Å². The first-order valence-corrected chi connectivity index (χ1v) is 5.49. The van der Waals surface area contributed by atoms with E-state index in [1.54, 1.807) is 18.3 Å². The van der Waals surface area contributed by atoms with Crippen molar-refractivity contribution in [1.82, 2.24) is 9.97 Å². The minimum absolute atomic E-state index is 0.0312. The number of thiocarbonyl (C=S) groups is 1. The number of Topliss-reactive ketones (excluding diaryl/α,β-unsaturated/α-hetero) is 1. The van der Waals surface area contributed by atoms with Crippen LogP contribution in [-0.4, -0.2) is 20.7 Å². The number of H-pyrrole nitrogens is 1. The molecule has 0 aliphatic carbocycles. The van der Waals surface area contributed by atoms with Gasteiger partial charge in [0.15, 0.2) is 11.6 Å². The van der Waals surface area contributed by atoms with Gasteiger partial charge in [0.25, 0.3) is 0 Å². The number of nitrogens with zero attached hydrogens (tertiary/aromatic N) is 1. The number of hydrogen-bond donors (Lipinski definition) is 2. The highest BCUT2D eigenvalue weighted by molar-refractivity contribution is 7.80. The summed E-state index contributed by atoms with van der Waals surface area (Å²) in [7, 11) is 0. The number of carbonyl (C=O) groups excluding carboxylic acids is 1. The summed E-state index contributed by atoms with van der Waals surface area (Å²) in [5, 5.41) is 0. The molecule has 0 unspecified atom stereocenters. The van der Waals surface area contributed by atoms with Crippen molar-refractivity contribution in [1.29, 1.82) is 0 Å². The van der Waals surface area contributed by atoms with E-state index in [-0.39, 0.29) is 17.2 Å². The molecule has 0 bridgehead atoms. The Hall–Kier alpha value is -2.01. The van der Waals surface area contributed by atoms with E-state index in [1.807, 2.05) is 18.2 Å². The molecule has 17 heavy (non-hydrogen) atoms. The first-order valence-electron chi connectivity index (χ1n) is 5.09. The van der Waals surface area contributed by atoms with Crippen molar-refractivity contribution in [3.05, 3.63) is 53.6 Å². The molecule has 0 amide bonds. The van der Waals surface area contributed by atoms with Gasteiger partial charge in [0, 0.05) is 17.5 Å². The second kappa shape index (κ2) is 4.88. The third kappa shape index (κ3) is 2.76. The van der Waals surface area contributed by atoms with Crippen LogP contribution >= 0.6 is 12.2 Å². The highest BCUT2D eigenvalue weighted by atomic mass is 32.1. The summed E-state index contributed by atoms with van der Waals surface area (Å²) in [6.07, 6.45) is 1.84. The SMILES string of the molecule is NC(=S)c1ncc(CC(=O)c2ccccc2)[nH]1. The minimum atomic E-state index is 0.0312. The maximum absolute atomic E-state index is 11.9. The van der Waals surface area contributed by atoms with Crippen LogP contribution in [0.4, 0.5) is 0 Å². The Morgan fingerprint density at radius 2 is 2.06 bits per heavy atom. The van der Waals surface area contributed by atoms with Gasteiger partial charge >= 0.3 is 0 Å². The number of aromatic nitrogens is 2. The predicted molar refractivity (Wildman–Crippen MR) is 69.0 cm³/mol. The van der Waals surface area contributed by atoms with Crippen LogP contribution in [0.25, 0.3) is 0 Å². The van der Waals surface area contributed by atoms with Crippen LogP contribution in [0.1, 0.15) is 21.9 Å². The molecule has 2 rings (SSSR count). The molecule has 0 fully saturated rings. The number of nitrogens with two attached hydrogens (primary N) is 1. The number of ketones is 1. The largest absolute Gasteiger partial charge is 0.387 e. The van der Waals surface area contributed by atoms with Crippen LogP contribution in [0, 0.1) is 0 Å². The topological polar surface area (TPSA) is 71.8 Å². The van der Waals surface area contributed by atoms with Crippen LogP contribution in [0.3, 0.4) is 0 Å². The molecular formula is C12H11N3OS. The van der Waals surface area contributed by atoms with Gasteiger partial charge in [-0.2, -0.15) is 0 Å². The molecule has 0 aliphatic rings. The van der Waals surface area contributed by atoms with Gasteiger partial charge in [-0.1, -0.05) is 42.5 Å². The smallest absolute Gasteiger partial charge is 0.168 e. The van der Waals surface area contributed by atoms with Gasteiger partial charge < -0.3 is 10.7 Å². The van der Waals surface area contributed by atoms with Gasteiger partial charge in [-0.25, -0.2) is 4.98 Å².